The van der Waals surface area contributed by atoms with E-state index in [0.29, 0.717) is 12.4 Å². The quantitative estimate of drug-likeness (QED) is 0.737. The van der Waals surface area contributed by atoms with Gasteiger partial charge in [0.1, 0.15) is 18.2 Å². The van der Waals surface area contributed by atoms with Crippen molar-refractivity contribution in [1.29, 1.82) is 0 Å². The summed E-state index contributed by atoms with van der Waals surface area (Å²) >= 11 is 0. The van der Waals surface area contributed by atoms with Crippen molar-refractivity contribution >= 4 is 16.6 Å². The predicted molar refractivity (Wildman–Crippen MR) is 82.8 cm³/mol. The molecule has 4 heteroatoms. The number of aryl methyl sites for hydroxylation is 1. The Morgan fingerprint density at radius 3 is 2.62 bits per heavy atom. The second-order valence-corrected chi connectivity index (χ2v) is 4.93. The summed E-state index contributed by atoms with van der Waals surface area (Å²) in [5.41, 5.74) is 8.94. The predicted octanol–water partition coefficient (Wildman–Crippen LogP) is 3.96. The Hall–Kier alpha value is -2.49. The van der Waals surface area contributed by atoms with Crippen LogP contribution in [0.1, 0.15) is 12.5 Å². The Balaban J connectivity index is 1.90. The van der Waals surface area contributed by atoms with Crippen LogP contribution < -0.4 is 10.5 Å². The van der Waals surface area contributed by atoms with Crippen molar-refractivity contribution in [1.82, 2.24) is 4.57 Å². The third-order valence-corrected chi connectivity index (χ3v) is 3.56. The van der Waals surface area contributed by atoms with Gasteiger partial charge < -0.3 is 15.0 Å². The molecule has 3 nitrogen and oxygen atoms in total. The molecule has 0 spiro atoms. The summed E-state index contributed by atoms with van der Waals surface area (Å²) < 4.78 is 20.7. The van der Waals surface area contributed by atoms with Gasteiger partial charge >= 0.3 is 0 Å². The fourth-order valence-electron chi connectivity index (χ4n) is 2.52. The van der Waals surface area contributed by atoms with E-state index in [9.17, 15) is 4.39 Å². The number of halogens is 1. The number of hydrogen-bond donors (Lipinski definition) is 1. The van der Waals surface area contributed by atoms with E-state index in [2.05, 4.69) is 17.7 Å². The summed E-state index contributed by atoms with van der Waals surface area (Å²) in [6, 6.07) is 11.9. The van der Waals surface area contributed by atoms with Gasteiger partial charge in [0.05, 0.1) is 11.2 Å². The average Bonchev–Trinajstić information content (AvgIpc) is 2.86. The van der Waals surface area contributed by atoms with Crippen molar-refractivity contribution in [3.63, 3.8) is 0 Å². The molecular formula is C17H17FN2O. The molecule has 0 saturated carbocycles. The first-order chi connectivity index (χ1) is 10.2. The highest BCUT2D eigenvalue weighted by atomic mass is 19.1. The zero-order chi connectivity index (χ0) is 14.8. The second kappa shape index (κ2) is 5.48. The van der Waals surface area contributed by atoms with Crippen LogP contribution in [0.4, 0.5) is 10.1 Å². The number of nitrogen functional groups attached to an aromatic ring is 1. The monoisotopic (exact) mass is 284 g/mol. The minimum absolute atomic E-state index is 0.266. The number of hydrogen-bond acceptors (Lipinski definition) is 2. The number of nitrogens with two attached hydrogens (primary N) is 1. The number of anilines is 1. The number of nitrogens with zero attached hydrogens (tertiary/aromatic N) is 1. The lowest BCUT2D eigenvalue weighted by atomic mass is 10.1. The summed E-state index contributed by atoms with van der Waals surface area (Å²) in [4.78, 5) is 0. The minimum Gasteiger partial charge on any atom is -0.489 e. The van der Waals surface area contributed by atoms with Crippen LogP contribution in [0.5, 0.6) is 5.75 Å². The van der Waals surface area contributed by atoms with Gasteiger partial charge in [-0.3, -0.25) is 0 Å². The molecule has 3 rings (SSSR count). The molecule has 0 fully saturated rings. The molecule has 2 aromatic carbocycles. The Labute approximate surface area is 122 Å². The lowest BCUT2D eigenvalue weighted by Gasteiger charge is -2.05. The molecular weight excluding hydrogens is 267 g/mol. The highest BCUT2D eigenvalue weighted by molar-refractivity contribution is 5.93. The highest BCUT2D eigenvalue weighted by Crippen LogP contribution is 2.27. The molecule has 21 heavy (non-hydrogen) atoms. The van der Waals surface area contributed by atoms with Crippen molar-refractivity contribution < 1.29 is 9.13 Å². The summed E-state index contributed by atoms with van der Waals surface area (Å²) in [6.07, 6.45) is 2.06. The number of para-hydroxylation sites is 1. The topological polar surface area (TPSA) is 40.2 Å². The van der Waals surface area contributed by atoms with Crippen LogP contribution in [0.3, 0.4) is 0 Å². The number of fused-ring (bicyclic) bond motifs is 1. The summed E-state index contributed by atoms with van der Waals surface area (Å²) in [5, 5.41) is 1.10. The zero-order valence-electron chi connectivity index (χ0n) is 11.8. The smallest absolute Gasteiger partial charge is 0.123 e. The SMILES string of the molecule is CCn1cc(COc2ccc(F)cc2)c2cccc(N)c21. The number of aromatic nitrogens is 1. The fraction of sp³-hybridized carbons (Fsp3) is 0.176. The van der Waals surface area contributed by atoms with Crippen molar-refractivity contribution in [3.8, 4) is 5.75 Å². The first-order valence-corrected chi connectivity index (χ1v) is 6.93. The number of ether oxygens (including phenoxy) is 1. The molecule has 0 radical (unpaired) electrons. The van der Waals surface area contributed by atoms with Gasteiger partial charge in [-0.05, 0) is 37.3 Å². The Morgan fingerprint density at radius 1 is 1.14 bits per heavy atom. The molecule has 0 atom stereocenters. The number of rotatable bonds is 4. The van der Waals surface area contributed by atoms with Crippen molar-refractivity contribution in [2.24, 2.45) is 0 Å². The minimum atomic E-state index is -0.266. The van der Waals surface area contributed by atoms with Crippen molar-refractivity contribution in [2.75, 3.05) is 5.73 Å². The van der Waals surface area contributed by atoms with Gasteiger partial charge in [-0.1, -0.05) is 12.1 Å². The van der Waals surface area contributed by atoms with E-state index in [0.717, 1.165) is 28.7 Å². The molecule has 3 aromatic rings. The summed E-state index contributed by atoms with van der Waals surface area (Å²) in [6.45, 7) is 3.36. The van der Waals surface area contributed by atoms with Gasteiger partial charge in [0.25, 0.3) is 0 Å². The number of benzene rings is 2. The Morgan fingerprint density at radius 2 is 1.90 bits per heavy atom. The van der Waals surface area contributed by atoms with E-state index in [-0.39, 0.29) is 5.82 Å². The molecule has 0 aliphatic rings. The van der Waals surface area contributed by atoms with Crippen molar-refractivity contribution in [2.45, 2.75) is 20.1 Å². The molecule has 0 aliphatic heterocycles. The maximum Gasteiger partial charge on any atom is 0.123 e. The van der Waals surface area contributed by atoms with Crippen LogP contribution in [0.25, 0.3) is 10.9 Å². The zero-order valence-corrected chi connectivity index (χ0v) is 11.8. The lowest BCUT2D eigenvalue weighted by Crippen LogP contribution is -1.95. The van der Waals surface area contributed by atoms with E-state index in [1.54, 1.807) is 12.1 Å². The molecule has 1 aromatic heterocycles. The largest absolute Gasteiger partial charge is 0.489 e. The van der Waals surface area contributed by atoms with Gasteiger partial charge in [-0.25, -0.2) is 4.39 Å². The van der Waals surface area contributed by atoms with Crippen LogP contribution in [0.15, 0.2) is 48.7 Å². The van der Waals surface area contributed by atoms with Crippen LogP contribution in [-0.2, 0) is 13.2 Å². The molecule has 0 amide bonds. The summed E-state index contributed by atoms with van der Waals surface area (Å²) in [5.74, 6) is 0.385. The van der Waals surface area contributed by atoms with Crippen molar-refractivity contribution in [3.05, 3.63) is 60.0 Å². The normalized spacial score (nSPS) is 11.0. The average molecular weight is 284 g/mol. The van der Waals surface area contributed by atoms with E-state index in [1.807, 2.05) is 18.2 Å². The first-order valence-electron chi connectivity index (χ1n) is 6.93. The highest BCUT2D eigenvalue weighted by Gasteiger charge is 2.10. The van der Waals surface area contributed by atoms with E-state index >= 15 is 0 Å². The first kappa shape index (κ1) is 13.5. The molecule has 1 heterocycles. The van der Waals surface area contributed by atoms with E-state index in [1.165, 1.54) is 12.1 Å². The van der Waals surface area contributed by atoms with Gasteiger partial charge in [-0.15, -0.1) is 0 Å². The maximum absolute atomic E-state index is 12.9. The molecule has 0 aliphatic carbocycles. The van der Waals surface area contributed by atoms with Crippen LogP contribution in [-0.4, -0.2) is 4.57 Å². The molecule has 0 bridgehead atoms. The Bertz CT molecular complexity index is 762. The van der Waals surface area contributed by atoms with Gasteiger partial charge in [0, 0.05) is 23.7 Å². The standard InChI is InChI=1S/C17H17FN2O/c1-2-20-10-12(15-4-3-5-16(19)17(15)20)11-21-14-8-6-13(18)7-9-14/h3-10H,2,11,19H2,1H3. The fourth-order valence-corrected chi connectivity index (χ4v) is 2.52. The van der Waals surface area contributed by atoms with Gasteiger partial charge in [0.15, 0.2) is 0 Å². The Kier molecular flexibility index (Phi) is 3.52. The molecule has 2 N–H and O–H groups in total. The lowest BCUT2D eigenvalue weighted by molar-refractivity contribution is 0.307. The molecule has 0 saturated heterocycles. The van der Waals surface area contributed by atoms with Gasteiger partial charge in [-0.2, -0.15) is 0 Å². The summed E-state index contributed by atoms with van der Waals surface area (Å²) in [7, 11) is 0. The van der Waals surface area contributed by atoms with Crippen LogP contribution >= 0.6 is 0 Å². The maximum atomic E-state index is 12.9. The van der Waals surface area contributed by atoms with Crippen LogP contribution in [0.2, 0.25) is 0 Å². The molecule has 0 unspecified atom stereocenters. The van der Waals surface area contributed by atoms with Gasteiger partial charge in [0.2, 0.25) is 0 Å². The van der Waals surface area contributed by atoms with E-state index in [4.69, 9.17) is 10.5 Å². The van der Waals surface area contributed by atoms with Crippen LogP contribution in [0, 0.1) is 5.82 Å². The third kappa shape index (κ3) is 2.57. The van der Waals surface area contributed by atoms with E-state index < -0.39 is 0 Å². The second-order valence-electron chi connectivity index (χ2n) is 4.93. The molecule has 108 valence electrons. The third-order valence-electron chi connectivity index (χ3n) is 3.56.